The van der Waals surface area contributed by atoms with Crippen molar-refractivity contribution in [2.24, 2.45) is 0 Å². The lowest BCUT2D eigenvalue weighted by Crippen LogP contribution is -2.36. The number of benzene rings is 2. The molecule has 2 aromatic rings. The van der Waals surface area contributed by atoms with Gasteiger partial charge in [-0.3, -0.25) is 9.59 Å². The summed E-state index contributed by atoms with van der Waals surface area (Å²) in [5.41, 5.74) is 2.80. The highest BCUT2D eigenvalue weighted by Gasteiger charge is 2.26. The van der Waals surface area contributed by atoms with E-state index in [2.05, 4.69) is 0 Å². The molecular formula is C20H20FNO4. The molecule has 1 amide bonds. The van der Waals surface area contributed by atoms with E-state index < -0.39 is 12.5 Å². The third-order valence-electron chi connectivity index (χ3n) is 4.42. The third kappa shape index (κ3) is 4.46. The van der Waals surface area contributed by atoms with Crippen LogP contribution < -0.4 is 0 Å². The maximum absolute atomic E-state index is 13.1. The summed E-state index contributed by atoms with van der Waals surface area (Å²) in [6, 6.07) is 13.5. The first kappa shape index (κ1) is 18.1. The molecule has 136 valence electrons. The number of amides is 1. The SMILES string of the molecule is O=C(O)CN(Cc1ccc(F)cc1)C(=O)CC1OCCc2ccccc21. The first-order valence-electron chi connectivity index (χ1n) is 8.46. The van der Waals surface area contributed by atoms with Crippen molar-refractivity contribution in [3.05, 3.63) is 71.0 Å². The molecule has 1 heterocycles. The van der Waals surface area contributed by atoms with E-state index >= 15 is 0 Å². The van der Waals surface area contributed by atoms with Gasteiger partial charge in [0, 0.05) is 6.54 Å². The monoisotopic (exact) mass is 357 g/mol. The molecule has 1 aliphatic rings. The highest BCUT2D eigenvalue weighted by molar-refractivity contribution is 5.81. The standard InChI is InChI=1S/C20H20FNO4/c21-16-7-5-14(6-8-16)12-22(13-20(24)25)19(23)11-18-17-4-2-1-3-15(17)9-10-26-18/h1-8,18H,9-13H2,(H,24,25). The molecule has 1 N–H and O–H groups in total. The number of carboxylic acids is 1. The van der Waals surface area contributed by atoms with Crippen LogP contribution >= 0.6 is 0 Å². The molecule has 26 heavy (non-hydrogen) atoms. The molecule has 3 rings (SSSR count). The molecule has 0 saturated carbocycles. The zero-order valence-corrected chi connectivity index (χ0v) is 14.2. The van der Waals surface area contributed by atoms with Crippen LogP contribution in [0.15, 0.2) is 48.5 Å². The lowest BCUT2D eigenvalue weighted by Gasteiger charge is -2.28. The Morgan fingerprint density at radius 2 is 1.88 bits per heavy atom. The smallest absolute Gasteiger partial charge is 0.323 e. The highest BCUT2D eigenvalue weighted by atomic mass is 19.1. The van der Waals surface area contributed by atoms with Gasteiger partial charge < -0.3 is 14.7 Å². The number of carboxylic acid groups (broad SMARTS) is 1. The summed E-state index contributed by atoms with van der Waals surface area (Å²) in [7, 11) is 0. The van der Waals surface area contributed by atoms with Crippen molar-refractivity contribution in [1.29, 1.82) is 0 Å². The number of carbonyl (C=O) groups is 2. The third-order valence-corrected chi connectivity index (χ3v) is 4.42. The number of carbonyl (C=O) groups excluding carboxylic acids is 1. The minimum atomic E-state index is -1.09. The van der Waals surface area contributed by atoms with Gasteiger partial charge in [0.25, 0.3) is 0 Å². The maximum Gasteiger partial charge on any atom is 0.323 e. The molecule has 0 spiro atoms. The minimum Gasteiger partial charge on any atom is -0.480 e. The summed E-state index contributed by atoms with van der Waals surface area (Å²) < 4.78 is 18.8. The maximum atomic E-state index is 13.1. The quantitative estimate of drug-likeness (QED) is 0.863. The molecule has 0 aromatic heterocycles. The highest BCUT2D eigenvalue weighted by Crippen LogP contribution is 2.30. The lowest BCUT2D eigenvalue weighted by molar-refractivity contribution is -0.146. The van der Waals surface area contributed by atoms with E-state index in [4.69, 9.17) is 9.84 Å². The second-order valence-corrected chi connectivity index (χ2v) is 6.28. The Bertz CT molecular complexity index is 791. The molecule has 5 nitrogen and oxygen atoms in total. The van der Waals surface area contributed by atoms with Gasteiger partial charge in [-0.1, -0.05) is 36.4 Å². The van der Waals surface area contributed by atoms with Crippen LogP contribution in [0.4, 0.5) is 4.39 Å². The first-order chi connectivity index (χ1) is 12.5. The second-order valence-electron chi connectivity index (χ2n) is 6.28. The van der Waals surface area contributed by atoms with Gasteiger partial charge in [0.1, 0.15) is 12.4 Å². The average Bonchev–Trinajstić information content (AvgIpc) is 2.63. The number of ether oxygens (including phenoxy) is 1. The number of hydrogen-bond acceptors (Lipinski definition) is 3. The molecule has 6 heteroatoms. The van der Waals surface area contributed by atoms with Crippen molar-refractivity contribution in [2.75, 3.05) is 13.2 Å². The summed E-state index contributed by atoms with van der Waals surface area (Å²) in [4.78, 5) is 25.2. The van der Waals surface area contributed by atoms with Crippen LogP contribution in [-0.2, 0) is 27.3 Å². The Labute approximate surface area is 151 Å². The van der Waals surface area contributed by atoms with Crippen molar-refractivity contribution in [3.8, 4) is 0 Å². The normalized spacial score (nSPS) is 16.0. The minimum absolute atomic E-state index is 0.0749. The summed E-state index contributed by atoms with van der Waals surface area (Å²) >= 11 is 0. The predicted octanol–water partition coefficient (Wildman–Crippen LogP) is 2.94. The number of rotatable bonds is 6. The first-order valence-corrected chi connectivity index (χ1v) is 8.46. The van der Waals surface area contributed by atoms with E-state index in [1.54, 1.807) is 12.1 Å². The fourth-order valence-corrected chi connectivity index (χ4v) is 3.14. The zero-order chi connectivity index (χ0) is 18.5. The molecule has 0 bridgehead atoms. The van der Waals surface area contributed by atoms with Crippen LogP contribution in [0.3, 0.4) is 0 Å². The molecule has 1 aliphatic heterocycles. The molecular weight excluding hydrogens is 337 g/mol. The summed E-state index contributed by atoms with van der Waals surface area (Å²) in [6.45, 7) is 0.232. The van der Waals surface area contributed by atoms with E-state index in [-0.39, 0.29) is 30.8 Å². The summed E-state index contributed by atoms with van der Waals surface area (Å²) in [6.07, 6.45) is 0.498. The fraction of sp³-hybridized carbons (Fsp3) is 0.300. The topological polar surface area (TPSA) is 66.8 Å². The van der Waals surface area contributed by atoms with Crippen molar-refractivity contribution in [2.45, 2.75) is 25.5 Å². The fourth-order valence-electron chi connectivity index (χ4n) is 3.14. The number of nitrogens with zero attached hydrogens (tertiary/aromatic N) is 1. The largest absolute Gasteiger partial charge is 0.480 e. The number of halogens is 1. The van der Waals surface area contributed by atoms with Crippen LogP contribution in [-0.4, -0.2) is 35.0 Å². The van der Waals surface area contributed by atoms with Crippen LogP contribution in [0.1, 0.15) is 29.2 Å². The van der Waals surface area contributed by atoms with Crippen LogP contribution in [0.5, 0.6) is 0 Å². The van der Waals surface area contributed by atoms with Gasteiger partial charge in [-0.2, -0.15) is 0 Å². The van der Waals surface area contributed by atoms with Gasteiger partial charge in [0.15, 0.2) is 0 Å². The van der Waals surface area contributed by atoms with E-state index in [1.807, 2.05) is 24.3 Å². The molecule has 1 atom stereocenters. The molecule has 2 aromatic carbocycles. The summed E-state index contributed by atoms with van der Waals surface area (Å²) in [5, 5.41) is 9.13. The molecule has 0 saturated heterocycles. The van der Waals surface area contributed by atoms with E-state index in [0.717, 1.165) is 17.5 Å². The van der Waals surface area contributed by atoms with Gasteiger partial charge in [-0.05, 0) is 35.2 Å². The Balaban J connectivity index is 1.73. The number of fused-ring (bicyclic) bond motifs is 1. The van der Waals surface area contributed by atoms with Crippen molar-refractivity contribution < 1.29 is 23.8 Å². The van der Waals surface area contributed by atoms with Gasteiger partial charge in [0.2, 0.25) is 5.91 Å². The van der Waals surface area contributed by atoms with E-state index in [9.17, 15) is 14.0 Å². The molecule has 0 aliphatic carbocycles. The molecule has 1 unspecified atom stereocenters. The van der Waals surface area contributed by atoms with Gasteiger partial charge in [-0.25, -0.2) is 4.39 Å². The van der Waals surface area contributed by atoms with Gasteiger partial charge in [-0.15, -0.1) is 0 Å². The van der Waals surface area contributed by atoms with Gasteiger partial charge in [0.05, 0.1) is 19.1 Å². The zero-order valence-electron chi connectivity index (χ0n) is 14.2. The average molecular weight is 357 g/mol. The van der Waals surface area contributed by atoms with Gasteiger partial charge >= 0.3 is 5.97 Å². The Hall–Kier alpha value is -2.73. The Morgan fingerprint density at radius 3 is 2.62 bits per heavy atom. The van der Waals surface area contributed by atoms with E-state index in [1.165, 1.54) is 17.0 Å². The van der Waals surface area contributed by atoms with Crippen molar-refractivity contribution >= 4 is 11.9 Å². The summed E-state index contributed by atoms with van der Waals surface area (Å²) in [5.74, 6) is -1.78. The lowest BCUT2D eigenvalue weighted by atomic mass is 9.95. The molecule has 0 fully saturated rings. The van der Waals surface area contributed by atoms with Crippen LogP contribution in [0, 0.1) is 5.82 Å². The van der Waals surface area contributed by atoms with Crippen molar-refractivity contribution in [1.82, 2.24) is 4.90 Å². The van der Waals surface area contributed by atoms with E-state index in [0.29, 0.717) is 12.2 Å². The van der Waals surface area contributed by atoms with Crippen molar-refractivity contribution in [3.63, 3.8) is 0 Å². The van der Waals surface area contributed by atoms with Crippen LogP contribution in [0.25, 0.3) is 0 Å². The number of aliphatic carboxylic acids is 1. The number of hydrogen-bond donors (Lipinski definition) is 1. The second kappa shape index (κ2) is 8.10. The Kier molecular flexibility index (Phi) is 5.63. The predicted molar refractivity (Wildman–Crippen MR) is 92.9 cm³/mol. The molecule has 0 radical (unpaired) electrons. The Morgan fingerprint density at radius 1 is 1.15 bits per heavy atom. The van der Waals surface area contributed by atoms with Crippen LogP contribution in [0.2, 0.25) is 0 Å².